The van der Waals surface area contributed by atoms with Gasteiger partial charge in [0.1, 0.15) is 5.92 Å². The standard InChI is InChI=1S/C11H14N4O5/c1-5(15-11(20)10-13-2-3-14-10)8(18)6(9(12)19)4-7(16)17/h2-3,5-6H,4H2,1H3,(H2,12,19)(H,13,14)(H,15,20)(H,16,17)/t5-,6?/m0/s1. The molecule has 5 N–H and O–H groups in total. The van der Waals surface area contributed by atoms with Gasteiger partial charge < -0.3 is 21.1 Å². The zero-order valence-electron chi connectivity index (χ0n) is 10.6. The molecule has 1 unspecified atom stereocenters. The van der Waals surface area contributed by atoms with Crippen LogP contribution >= 0.6 is 0 Å². The minimum absolute atomic E-state index is 0.00138. The Morgan fingerprint density at radius 3 is 2.55 bits per heavy atom. The third-order valence-electron chi connectivity index (χ3n) is 2.55. The van der Waals surface area contributed by atoms with Gasteiger partial charge in [-0.15, -0.1) is 0 Å². The van der Waals surface area contributed by atoms with E-state index in [4.69, 9.17) is 10.8 Å². The molecule has 0 saturated carbocycles. The van der Waals surface area contributed by atoms with Gasteiger partial charge in [-0.05, 0) is 6.92 Å². The lowest BCUT2D eigenvalue weighted by Gasteiger charge is -2.16. The quantitative estimate of drug-likeness (QED) is 0.454. The first-order chi connectivity index (χ1) is 9.32. The van der Waals surface area contributed by atoms with Gasteiger partial charge in [0.2, 0.25) is 5.91 Å². The Morgan fingerprint density at radius 1 is 1.45 bits per heavy atom. The number of carboxylic acids is 1. The van der Waals surface area contributed by atoms with Crippen molar-refractivity contribution in [3.8, 4) is 0 Å². The van der Waals surface area contributed by atoms with Gasteiger partial charge in [0.15, 0.2) is 11.6 Å². The molecule has 1 aromatic heterocycles. The first kappa shape index (κ1) is 15.3. The number of nitrogens with one attached hydrogen (secondary N) is 2. The van der Waals surface area contributed by atoms with Crippen LogP contribution in [0.5, 0.6) is 0 Å². The molecule has 2 amide bonds. The Kier molecular flexibility index (Phi) is 4.95. The highest BCUT2D eigenvalue weighted by molar-refractivity contribution is 6.06. The second-order valence-corrected chi connectivity index (χ2v) is 4.09. The average molecular weight is 282 g/mol. The van der Waals surface area contributed by atoms with Crippen LogP contribution in [0.4, 0.5) is 0 Å². The predicted molar refractivity (Wildman–Crippen MR) is 65.5 cm³/mol. The van der Waals surface area contributed by atoms with Crippen molar-refractivity contribution in [2.75, 3.05) is 0 Å². The van der Waals surface area contributed by atoms with Crippen molar-refractivity contribution in [2.45, 2.75) is 19.4 Å². The monoisotopic (exact) mass is 282 g/mol. The van der Waals surface area contributed by atoms with Gasteiger partial charge in [0.05, 0.1) is 12.5 Å². The van der Waals surface area contributed by atoms with Crippen LogP contribution < -0.4 is 11.1 Å². The molecule has 2 atom stereocenters. The molecule has 1 heterocycles. The number of nitrogens with zero attached hydrogens (tertiary/aromatic N) is 1. The van der Waals surface area contributed by atoms with E-state index in [1.54, 1.807) is 0 Å². The van der Waals surface area contributed by atoms with E-state index in [0.29, 0.717) is 0 Å². The van der Waals surface area contributed by atoms with Crippen LogP contribution in [0.25, 0.3) is 0 Å². The van der Waals surface area contributed by atoms with Crippen LogP contribution in [0.1, 0.15) is 24.0 Å². The van der Waals surface area contributed by atoms with Crippen LogP contribution in [-0.4, -0.2) is 44.7 Å². The van der Waals surface area contributed by atoms with Crippen molar-refractivity contribution >= 4 is 23.6 Å². The summed E-state index contributed by atoms with van der Waals surface area (Å²) in [6, 6.07) is -1.07. The summed E-state index contributed by atoms with van der Waals surface area (Å²) in [5.74, 6) is -5.27. The lowest BCUT2D eigenvalue weighted by Crippen LogP contribution is -2.45. The SMILES string of the molecule is C[C@H](NC(=O)c1ncc[nH]1)C(=O)C(CC(=O)O)C(N)=O. The third-order valence-corrected chi connectivity index (χ3v) is 2.55. The Bertz CT molecular complexity index is 525. The number of amides is 2. The van der Waals surface area contributed by atoms with Gasteiger partial charge in [0, 0.05) is 12.4 Å². The minimum atomic E-state index is -1.49. The number of carbonyl (C=O) groups excluding carboxylic acids is 3. The summed E-state index contributed by atoms with van der Waals surface area (Å²) in [6.45, 7) is 1.33. The number of ketones is 1. The molecule has 9 heteroatoms. The van der Waals surface area contributed by atoms with Crippen molar-refractivity contribution < 1.29 is 24.3 Å². The molecular formula is C11H14N4O5. The van der Waals surface area contributed by atoms with Crippen molar-refractivity contribution in [2.24, 2.45) is 11.7 Å². The Morgan fingerprint density at radius 2 is 2.10 bits per heavy atom. The number of H-pyrrole nitrogens is 1. The highest BCUT2D eigenvalue weighted by Crippen LogP contribution is 2.08. The van der Waals surface area contributed by atoms with E-state index in [1.807, 2.05) is 0 Å². The fourth-order valence-corrected chi connectivity index (χ4v) is 1.54. The molecule has 0 bridgehead atoms. The van der Waals surface area contributed by atoms with Gasteiger partial charge in [-0.25, -0.2) is 4.98 Å². The number of primary amides is 1. The van der Waals surface area contributed by atoms with Crippen LogP contribution in [0.3, 0.4) is 0 Å². The molecule has 1 aromatic rings. The maximum Gasteiger partial charge on any atom is 0.304 e. The molecule has 0 spiro atoms. The summed E-state index contributed by atoms with van der Waals surface area (Å²) in [7, 11) is 0. The number of Topliss-reactive ketones (excluding diaryl/α,β-unsaturated/α-hetero) is 1. The van der Waals surface area contributed by atoms with Crippen molar-refractivity contribution in [3.05, 3.63) is 18.2 Å². The minimum Gasteiger partial charge on any atom is -0.481 e. The fraction of sp³-hybridized carbons (Fsp3) is 0.364. The summed E-state index contributed by atoms with van der Waals surface area (Å²) in [5, 5.41) is 10.9. The number of carbonyl (C=O) groups is 4. The zero-order chi connectivity index (χ0) is 15.3. The smallest absolute Gasteiger partial charge is 0.304 e. The van der Waals surface area contributed by atoms with E-state index in [1.165, 1.54) is 19.3 Å². The zero-order valence-corrected chi connectivity index (χ0v) is 10.6. The summed E-state index contributed by atoms with van der Waals surface area (Å²) in [5.41, 5.74) is 4.99. The van der Waals surface area contributed by atoms with E-state index >= 15 is 0 Å². The highest BCUT2D eigenvalue weighted by Gasteiger charge is 2.31. The topological polar surface area (TPSA) is 155 Å². The molecule has 0 fully saturated rings. The molecule has 0 radical (unpaired) electrons. The van der Waals surface area contributed by atoms with E-state index in [2.05, 4.69) is 15.3 Å². The number of aromatic nitrogens is 2. The van der Waals surface area contributed by atoms with Crippen LogP contribution in [0, 0.1) is 5.92 Å². The predicted octanol–water partition coefficient (Wildman–Crippen LogP) is -1.33. The van der Waals surface area contributed by atoms with Gasteiger partial charge in [-0.3, -0.25) is 19.2 Å². The highest BCUT2D eigenvalue weighted by atomic mass is 16.4. The fourth-order valence-electron chi connectivity index (χ4n) is 1.54. The summed E-state index contributed by atoms with van der Waals surface area (Å²) in [4.78, 5) is 51.5. The Balaban J connectivity index is 2.71. The van der Waals surface area contributed by atoms with Gasteiger partial charge in [-0.2, -0.15) is 0 Å². The van der Waals surface area contributed by atoms with Gasteiger partial charge >= 0.3 is 5.97 Å². The maximum absolute atomic E-state index is 11.9. The van der Waals surface area contributed by atoms with E-state index < -0.39 is 41.9 Å². The largest absolute Gasteiger partial charge is 0.481 e. The number of hydrogen-bond acceptors (Lipinski definition) is 5. The number of hydrogen-bond donors (Lipinski definition) is 4. The normalized spacial score (nSPS) is 13.2. The van der Waals surface area contributed by atoms with Crippen molar-refractivity contribution in [1.82, 2.24) is 15.3 Å². The lowest BCUT2D eigenvalue weighted by molar-refractivity contribution is -0.144. The molecule has 108 valence electrons. The number of aliphatic carboxylic acids is 1. The summed E-state index contributed by atoms with van der Waals surface area (Å²) < 4.78 is 0. The molecule has 1 rings (SSSR count). The first-order valence-corrected chi connectivity index (χ1v) is 5.68. The molecule has 0 aliphatic heterocycles. The van der Waals surface area contributed by atoms with E-state index in [-0.39, 0.29) is 5.82 Å². The molecule has 20 heavy (non-hydrogen) atoms. The van der Waals surface area contributed by atoms with Gasteiger partial charge in [-0.1, -0.05) is 0 Å². The molecule has 0 aliphatic carbocycles. The number of rotatable bonds is 7. The third kappa shape index (κ3) is 3.90. The number of imidazole rings is 1. The number of carboxylic acid groups (broad SMARTS) is 1. The lowest BCUT2D eigenvalue weighted by atomic mass is 9.95. The Labute approximate surface area is 113 Å². The molecule has 9 nitrogen and oxygen atoms in total. The van der Waals surface area contributed by atoms with Gasteiger partial charge in [0.25, 0.3) is 5.91 Å². The molecule has 0 aromatic carbocycles. The summed E-state index contributed by atoms with van der Waals surface area (Å²) in [6.07, 6.45) is 2.07. The maximum atomic E-state index is 11.9. The molecular weight excluding hydrogens is 268 g/mol. The average Bonchev–Trinajstić information content (AvgIpc) is 2.88. The van der Waals surface area contributed by atoms with Crippen molar-refractivity contribution in [1.29, 1.82) is 0 Å². The summed E-state index contributed by atoms with van der Waals surface area (Å²) >= 11 is 0. The number of nitrogens with two attached hydrogens (primary N) is 1. The van der Waals surface area contributed by atoms with Crippen molar-refractivity contribution in [3.63, 3.8) is 0 Å². The first-order valence-electron chi connectivity index (χ1n) is 5.68. The van der Waals surface area contributed by atoms with Crippen LogP contribution in [-0.2, 0) is 14.4 Å². The molecule has 0 saturated heterocycles. The Hall–Kier alpha value is -2.71. The second-order valence-electron chi connectivity index (χ2n) is 4.09. The molecule has 0 aliphatic rings. The van der Waals surface area contributed by atoms with E-state index in [9.17, 15) is 19.2 Å². The van der Waals surface area contributed by atoms with Crippen LogP contribution in [0.2, 0.25) is 0 Å². The van der Waals surface area contributed by atoms with Crippen LogP contribution in [0.15, 0.2) is 12.4 Å². The second kappa shape index (κ2) is 6.45. The van der Waals surface area contributed by atoms with E-state index in [0.717, 1.165) is 0 Å². The number of aromatic amines is 1.